The van der Waals surface area contributed by atoms with E-state index in [-0.39, 0.29) is 12.3 Å². The molecule has 174 valence electrons. The van der Waals surface area contributed by atoms with Gasteiger partial charge in [-0.3, -0.25) is 0 Å². The fourth-order valence-electron chi connectivity index (χ4n) is 3.73. The van der Waals surface area contributed by atoms with Gasteiger partial charge in [0.25, 0.3) is 0 Å². The largest absolute Gasteiger partial charge is 0.496 e. The highest BCUT2D eigenvalue weighted by Gasteiger charge is 2.32. The lowest BCUT2D eigenvalue weighted by molar-refractivity contribution is -0.137. The van der Waals surface area contributed by atoms with E-state index < -0.39 is 11.7 Å². The van der Waals surface area contributed by atoms with Crippen molar-refractivity contribution < 1.29 is 17.9 Å². The predicted octanol–water partition coefficient (Wildman–Crippen LogP) is 8.97. The molecule has 4 rings (SSSR count). The molecule has 0 aromatic heterocycles. The molecule has 0 aliphatic carbocycles. The molecular formula is C27H20Cl2F3NO. The van der Waals surface area contributed by atoms with Crippen LogP contribution in [0.15, 0.2) is 84.9 Å². The van der Waals surface area contributed by atoms with Gasteiger partial charge in [0, 0.05) is 28.4 Å². The monoisotopic (exact) mass is 501 g/mol. The Labute approximate surface area is 205 Å². The number of ether oxygens (including phenoxy) is 1. The number of nitrogens with one attached hydrogen (secondary N) is 1. The van der Waals surface area contributed by atoms with Crippen LogP contribution in [0.25, 0.3) is 22.3 Å². The maximum absolute atomic E-state index is 13.5. The van der Waals surface area contributed by atoms with Gasteiger partial charge in [0.2, 0.25) is 0 Å². The topological polar surface area (TPSA) is 21.3 Å². The number of benzene rings is 4. The van der Waals surface area contributed by atoms with E-state index >= 15 is 0 Å². The molecular weight excluding hydrogens is 482 g/mol. The standard InChI is InChI=1S/C27H20Cl2F3NO/c1-34-26-14-19(27(30,31)32)13-23(17-5-3-2-4-6-17)24(26)16-33-21-11-12-22(25(29)15-21)18-7-9-20(28)10-8-18/h2-15,33H,16H2,1H3. The van der Waals surface area contributed by atoms with Crippen molar-refractivity contribution in [1.82, 2.24) is 0 Å². The number of anilines is 1. The number of alkyl halides is 3. The molecule has 0 radical (unpaired) electrons. The summed E-state index contributed by atoms with van der Waals surface area (Å²) in [6.45, 7) is 0.238. The number of hydrogen-bond donors (Lipinski definition) is 1. The zero-order valence-electron chi connectivity index (χ0n) is 18.1. The summed E-state index contributed by atoms with van der Waals surface area (Å²) in [5.41, 5.74) is 3.46. The Morgan fingerprint density at radius 1 is 0.794 bits per heavy atom. The van der Waals surface area contributed by atoms with Gasteiger partial charge in [-0.2, -0.15) is 13.2 Å². The first kappa shape index (κ1) is 24.0. The highest BCUT2D eigenvalue weighted by Crippen LogP contribution is 2.39. The lowest BCUT2D eigenvalue weighted by Gasteiger charge is -2.19. The van der Waals surface area contributed by atoms with E-state index in [2.05, 4.69) is 5.32 Å². The average Bonchev–Trinajstić information content (AvgIpc) is 2.83. The second kappa shape index (κ2) is 10.00. The van der Waals surface area contributed by atoms with Crippen LogP contribution in [-0.2, 0) is 12.7 Å². The van der Waals surface area contributed by atoms with Crippen molar-refractivity contribution >= 4 is 28.9 Å². The van der Waals surface area contributed by atoms with Gasteiger partial charge in [-0.05, 0) is 53.1 Å². The minimum Gasteiger partial charge on any atom is -0.496 e. The van der Waals surface area contributed by atoms with E-state index in [1.54, 1.807) is 42.5 Å². The van der Waals surface area contributed by atoms with Crippen LogP contribution in [0, 0.1) is 0 Å². The van der Waals surface area contributed by atoms with Crippen molar-refractivity contribution in [3.05, 3.63) is 106 Å². The average molecular weight is 502 g/mol. The summed E-state index contributed by atoms with van der Waals surface area (Å²) in [6, 6.07) is 24.0. The summed E-state index contributed by atoms with van der Waals surface area (Å²) in [5.74, 6) is 0.157. The second-order valence-corrected chi connectivity index (χ2v) is 8.47. The summed E-state index contributed by atoms with van der Waals surface area (Å²) < 4.78 is 46.0. The first-order valence-corrected chi connectivity index (χ1v) is 11.1. The molecule has 34 heavy (non-hydrogen) atoms. The number of hydrogen-bond acceptors (Lipinski definition) is 2. The Bertz CT molecular complexity index is 1290. The quantitative estimate of drug-likeness (QED) is 0.284. The number of methoxy groups -OCH3 is 1. The normalized spacial score (nSPS) is 11.4. The SMILES string of the molecule is COc1cc(C(F)(F)F)cc(-c2ccccc2)c1CNc1ccc(-c2ccc(Cl)cc2)c(Cl)c1. The van der Waals surface area contributed by atoms with Crippen molar-refractivity contribution in [3.8, 4) is 28.0 Å². The molecule has 0 saturated carbocycles. The molecule has 4 aromatic rings. The van der Waals surface area contributed by atoms with Crippen LogP contribution in [0.1, 0.15) is 11.1 Å². The van der Waals surface area contributed by atoms with Gasteiger partial charge >= 0.3 is 6.18 Å². The van der Waals surface area contributed by atoms with Crippen molar-refractivity contribution in [1.29, 1.82) is 0 Å². The van der Waals surface area contributed by atoms with Crippen molar-refractivity contribution in [2.45, 2.75) is 12.7 Å². The van der Waals surface area contributed by atoms with E-state index in [9.17, 15) is 13.2 Å². The molecule has 0 saturated heterocycles. The van der Waals surface area contributed by atoms with Gasteiger partial charge in [0.15, 0.2) is 0 Å². The highest BCUT2D eigenvalue weighted by atomic mass is 35.5. The van der Waals surface area contributed by atoms with Crippen LogP contribution in [0.2, 0.25) is 10.0 Å². The summed E-state index contributed by atoms with van der Waals surface area (Å²) in [7, 11) is 1.37. The molecule has 7 heteroatoms. The molecule has 0 fully saturated rings. The molecule has 0 spiro atoms. The van der Waals surface area contributed by atoms with Crippen LogP contribution >= 0.6 is 23.2 Å². The second-order valence-electron chi connectivity index (χ2n) is 7.62. The lowest BCUT2D eigenvalue weighted by Crippen LogP contribution is -2.09. The third kappa shape index (κ3) is 5.32. The predicted molar refractivity (Wildman–Crippen MR) is 133 cm³/mol. The summed E-state index contributed by atoms with van der Waals surface area (Å²) >= 11 is 12.5. The van der Waals surface area contributed by atoms with E-state index in [4.69, 9.17) is 27.9 Å². The van der Waals surface area contributed by atoms with Gasteiger partial charge in [-0.25, -0.2) is 0 Å². The third-order valence-corrected chi connectivity index (χ3v) is 6.00. The maximum atomic E-state index is 13.5. The Hall–Kier alpha value is -3.15. The van der Waals surface area contributed by atoms with Gasteiger partial charge in [0.1, 0.15) is 5.75 Å². The van der Waals surface area contributed by atoms with Crippen molar-refractivity contribution in [2.24, 2.45) is 0 Å². The smallest absolute Gasteiger partial charge is 0.416 e. The van der Waals surface area contributed by atoms with Crippen LogP contribution < -0.4 is 10.1 Å². The van der Waals surface area contributed by atoms with Crippen molar-refractivity contribution in [3.63, 3.8) is 0 Å². The van der Waals surface area contributed by atoms with E-state index in [0.717, 1.165) is 28.9 Å². The molecule has 1 N–H and O–H groups in total. The molecule has 0 amide bonds. The lowest BCUT2D eigenvalue weighted by atomic mass is 9.95. The Morgan fingerprint density at radius 3 is 2.09 bits per heavy atom. The highest BCUT2D eigenvalue weighted by molar-refractivity contribution is 6.33. The van der Waals surface area contributed by atoms with Crippen LogP contribution in [0.5, 0.6) is 5.75 Å². The number of rotatable bonds is 6. The summed E-state index contributed by atoms with van der Waals surface area (Å²) in [4.78, 5) is 0. The molecule has 4 aromatic carbocycles. The first-order chi connectivity index (χ1) is 16.3. The fraction of sp³-hybridized carbons (Fsp3) is 0.111. The van der Waals surface area contributed by atoms with Crippen molar-refractivity contribution in [2.75, 3.05) is 12.4 Å². The minimum atomic E-state index is -4.49. The Morgan fingerprint density at radius 2 is 1.47 bits per heavy atom. The van der Waals surface area contributed by atoms with E-state index in [0.29, 0.717) is 26.7 Å². The maximum Gasteiger partial charge on any atom is 0.416 e. The zero-order chi connectivity index (χ0) is 24.3. The zero-order valence-corrected chi connectivity index (χ0v) is 19.6. The van der Waals surface area contributed by atoms with Crippen LogP contribution in [0.3, 0.4) is 0 Å². The molecule has 2 nitrogen and oxygen atoms in total. The minimum absolute atomic E-state index is 0.157. The Kier molecular flexibility index (Phi) is 7.05. The van der Waals surface area contributed by atoms with Crippen LogP contribution in [0.4, 0.5) is 18.9 Å². The van der Waals surface area contributed by atoms with E-state index in [1.807, 2.05) is 30.3 Å². The first-order valence-electron chi connectivity index (χ1n) is 10.4. The third-order valence-electron chi connectivity index (χ3n) is 5.43. The Balaban J connectivity index is 1.67. The van der Waals surface area contributed by atoms with E-state index in [1.165, 1.54) is 7.11 Å². The van der Waals surface area contributed by atoms with Gasteiger partial charge in [-0.1, -0.05) is 71.7 Å². The van der Waals surface area contributed by atoms with Crippen LogP contribution in [-0.4, -0.2) is 7.11 Å². The van der Waals surface area contributed by atoms with Gasteiger partial charge < -0.3 is 10.1 Å². The van der Waals surface area contributed by atoms with Gasteiger partial charge in [0.05, 0.1) is 17.7 Å². The molecule has 0 unspecified atom stereocenters. The summed E-state index contributed by atoms with van der Waals surface area (Å²) in [5, 5.41) is 4.44. The van der Waals surface area contributed by atoms with Gasteiger partial charge in [-0.15, -0.1) is 0 Å². The molecule has 0 heterocycles. The molecule has 0 bridgehead atoms. The molecule has 0 aliphatic rings. The molecule has 0 aliphatic heterocycles. The fourth-order valence-corrected chi connectivity index (χ4v) is 4.14. The molecule has 0 atom stereocenters. The number of halogens is 5. The summed E-state index contributed by atoms with van der Waals surface area (Å²) in [6.07, 6.45) is -4.49.